The normalized spacial score (nSPS) is 21.6. The predicted molar refractivity (Wildman–Crippen MR) is 77.2 cm³/mol. The van der Waals surface area contributed by atoms with Gasteiger partial charge in [0.25, 0.3) is 6.43 Å². The highest BCUT2D eigenvalue weighted by Gasteiger charge is 2.26. The third-order valence-corrected chi connectivity index (χ3v) is 3.59. The van der Waals surface area contributed by atoms with Crippen molar-refractivity contribution in [3.8, 4) is 0 Å². The maximum atomic E-state index is 12.5. The second-order valence-electron chi connectivity index (χ2n) is 5.03. The van der Waals surface area contributed by atoms with E-state index in [9.17, 15) is 13.6 Å². The fourth-order valence-corrected chi connectivity index (χ4v) is 2.52. The highest BCUT2D eigenvalue weighted by Crippen LogP contribution is 2.27. The van der Waals surface area contributed by atoms with Gasteiger partial charge in [-0.15, -0.1) is 12.4 Å². The molecule has 0 radical (unpaired) electrons. The van der Waals surface area contributed by atoms with Crippen LogP contribution < -0.4 is 11.1 Å². The van der Waals surface area contributed by atoms with E-state index in [0.717, 1.165) is 19.3 Å². The Labute approximate surface area is 123 Å². The van der Waals surface area contributed by atoms with Crippen LogP contribution in [-0.2, 0) is 4.79 Å². The van der Waals surface area contributed by atoms with Gasteiger partial charge in [0, 0.05) is 23.7 Å². The molecule has 3 N–H and O–H groups in total. The van der Waals surface area contributed by atoms with Gasteiger partial charge in [0.1, 0.15) is 0 Å². The minimum absolute atomic E-state index is 0. The zero-order chi connectivity index (χ0) is 13.8. The molecule has 0 saturated heterocycles. The highest BCUT2D eigenvalue weighted by atomic mass is 35.5. The van der Waals surface area contributed by atoms with Crippen LogP contribution in [0, 0.1) is 5.92 Å². The number of hydrogen-bond acceptors (Lipinski definition) is 2. The van der Waals surface area contributed by atoms with Crippen LogP contribution in [0.3, 0.4) is 0 Å². The van der Waals surface area contributed by atoms with Crippen LogP contribution in [0.4, 0.5) is 14.5 Å². The molecule has 1 amide bonds. The monoisotopic (exact) mass is 304 g/mol. The van der Waals surface area contributed by atoms with Crippen molar-refractivity contribution in [1.29, 1.82) is 0 Å². The first-order valence-electron chi connectivity index (χ1n) is 6.50. The topological polar surface area (TPSA) is 55.1 Å². The molecule has 1 aliphatic carbocycles. The van der Waals surface area contributed by atoms with Crippen LogP contribution in [0.15, 0.2) is 24.3 Å². The summed E-state index contributed by atoms with van der Waals surface area (Å²) in [5.41, 5.74) is 6.23. The van der Waals surface area contributed by atoms with E-state index in [1.165, 1.54) is 18.2 Å². The van der Waals surface area contributed by atoms with Gasteiger partial charge in [-0.3, -0.25) is 4.79 Å². The molecule has 2 atom stereocenters. The number of nitrogens with one attached hydrogen (secondary N) is 1. The van der Waals surface area contributed by atoms with Crippen LogP contribution >= 0.6 is 12.4 Å². The Morgan fingerprint density at radius 1 is 1.40 bits per heavy atom. The van der Waals surface area contributed by atoms with Crippen molar-refractivity contribution in [3.05, 3.63) is 29.8 Å². The molecule has 0 unspecified atom stereocenters. The number of amides is 1. The Balaban J connectivity index is 0.00000200. The van der Waals surface area contributed by atoms with Crippen LogP contribution in [-0.4, -0.2) is 11.9 Å². The maximum Gasteiger partial charge on any atom is 0.263 e. The second-order valence-corrected chi connectivity index (χ2v) is 5.03. The van der Waals surface area contributed by atoms with Crippen molar-refractivity contribution < 1.29 is 13.6 Å². The van der Waals surface area contributed by atoms with E-state index in [1.807, 2.05) is 0 Å². The first-order valence-corrected chi connectivity index (χ1v) is 6.50. The average molecular weight is 305 g/mol. The number of carbonyl (C=O) groups excluding carboxylic acids is 1. The van der Waals surface area contributed by atoms with Crippen LogP contribution in [0.2, 0.25) is 0 Å². The minimum Gasteiger partial charge on any atom is -0.327 e. The molecule has 1 aromatic carbocycles. The highest BCUT2D eigenvalue weighted by molar-refractivity contribution is 5.91. The number of halogens is 3. The van der Waals surface area contributed by atoms with E-state index in [0.29, 0.717) is 12.1 Å². The fourth-order valence-electron chi connectivity index (χ4n) is 2.52. The third-order valence-electron chi connectivity index (χ3n) is 3.59. The van der Waals surface area contributed by atoms with Gasteiger partial charge >= 0.3 is 0 Å². The maximum absolute atomic E-state index is 12.5. The summed E-state index contributed by atoms with van der Waals surface area (Å²) >= 11 is 0. The quantitative estimate of drug-likeness (QED) is 0.894. The van der Waals surface area contributed by atoms with Crippen molar-refractivity contribution >= 4 is 24.0 Å². The lowest BCUT2D eigenvalue weighted by molar-refractivity contribution is -0.117. The lowest BCUT2D eigenvalue weighted by Crippen LogP contribution is -2.28. The molecule has 112 valence electrons. The molecule has 0 aliphatic heterocycles. The molecule has 3 nitrogen and oxygen atoms in total. The molecule has 2 rings (SSSR count). The molecule has 1 aliphatic rings. The number of alkyl halides is 2. The van der Waals surface area contributed by atoms with E-state index in [2.05, 4.69) is 5.32 Å². The summed E-state index contributed by atoms with van der Waals surface area (Å²) in [4.78, 5) is 11.8. The summed E-state index contributed by atoms with van der Waals surface area (Å²) < 4.78 is 25.1. The fraction of sp³-hybridized carbons (Fsp3) is 0.500. The van der Waals surface area contributed by atoms with Gasteiger partial charge in [-0.05, 0) is 30.9 Å². The second kappa shape index (κ2) is 7.55. The summed E-state index contributed by atoms with van der Waals surface area (Å²) in [5.74, 6) is 0.0482. The van der Waals surface area contributed by atoms with E-state index < -0.39 is 6.43 Å². The minimum atomic E-state index is -2.53. The van der Waals surface area contributed by atoms with Gasteiger partial charge in [0.05, 0.1) is 0 Å². The molecule has 1 aromatic rings. The van der Waals surface area contributed by atoms with Crippen molar-refractivity contribution in [2.24, 2.45) is 11.7 Å². The molecule has 6 heteroatoms. The number of rotatable bonds is 4. The van der Waals surface area contributed by atoms with Crippen molar-refractivity contribution in [1.82, 2.24) is 0 Å². The van der Waals surface area contributed by atoms with Crippen LogP contribution in [0.5, 0.6) is 0 Å². The Morgan fingerprint density at radius 2 is 2.15 bits per heavy atom. The SMILES string of the molecule is Cl.N[C@@H]1CCC[C@H]1CC(=O)Nc1cccc(C(F)F)c1. The first-order chi connectivity index (χ1) is 9.06. The number of hydrogen-bond donors (Lipinski definition) is 2. The third kappa shape index (κ3) is 4.42. The Kier molecular flexibility index (Phi) is 6.36. The molecular weight excluding hydrogens is 286 g/mol. The Hall–Kier alpha value is -1.20. The Morgan fingerprint density at radius 3 is 2.75 bits per heavy atom. The van der Waals surface area contributed by atoms with Gasteiger partial charge in [-0.25, -0.2) is 8.78 Å². The van der Waals surface area contributed by atoms with E-state index in [1.54, 1.807) is 6.07 Å². The van der Waals surface area contributed by atoms with Crippen molar-refractivity contribution in [2.45, 2.75) is 38.2 Å². The summed E-state index contributed by atoms with van der Waals surface area (Å²) in [7, 11) is 0. The van der Waals surface area contributed by atoms with Gasteiger partial charge in [0.2, 0.25) is 5.91 Å². The van der Waals surface area contributed by atoms with E-state index >= 15 is 0 Å². The average Bonchev–Trinajstić information content (AvgIpc) is 2.75. The molecule has 0 heterocycles. The van der Waals surface area contributed by atoms with Crippen LogP contribution in [0.25, 0.3) is 0 Å². The van der Waals surface area contributed by atoms with E-state index in [-0.39, 0.29) is 35.8 Å². The van der Waals surface area contributed by atoms with Crippen LogP contribution in [0.1, 0.15) is 37.7 Å². The molecule has 1 saturated carbocycles. The zero-order valence-corrected chi connectivity index (χ0v) is 11.8. The number of carbonyl (C=O) groups is 1. The molecule has 20 heavy (non-hydrogen) atoms. The van der Waals surface area contributed by atoms with Gasteiger partial charge in [-0.1, -0.05) is 18.6 Å². The predicted octanol–water partition coefficient (Wildman–Crippen LogP) is 3.50. The van der Waals surface area contributed by atoms with Crippen molar-refractivity contribution in [3.63, 3.8) is 0 Å². The molecule has 0 spiro atoms. The van der Waals surface area contributed by atoms with Crippen molar-refractivity contribution in [2.75, 3.05) is 5.32 Å². The molecular formula is C14H19ClF2N2O. The number of nitrogens with two attached hydrogens (primary N) is 1. The van der Waals surface area contributed by atoms with E-state index in [4.69, 9.17) is 5.73 Å². The number of benzene rings is 1. The van der Waals surface area contributed by atoms with Gasteiger partial charge < -0.3 is 11.1 Å². The largest absolute Gasteiger partial charge is 0.327 e. The summed E-state index contributed by atoms with van der Waals surface area (Å²) in [6, 6.07) is 5.85. The zero-order valence-electron chi connectivity index (χ0n) is 11.0. The summed E-state index contributed by atoms with van der Waals surface area (Å²) in [6.45, 7) is 0. The Bertz CT molecular complexity index is 457. The van der Waals surface area contributed by atoms with Gasteiger partial charge in [0.15, 0.2) is 0 Å². The smallest absolute Gasteiger partial charge is 0.263 e. The summed E-state index contributed by atoms with van der Waals surface area (Å²) in [5, 5.41) is 2.66. The molecule has 0 bridgehead atoms. The lowest BCUT2D eigenvalue weighted by Gasteiger charge is -2.15. The molecule has 1 fully saturated rings. The summed E-state index contributed by atoms with van der Waals surface area (Å²) in [6.07, 6.45) is 0.810. The van der Waals surface area contributed by atoms with Gasteiger partial charge in [-0.2, -0.15) is 0 Å². The lowest BCUT2D eigenvalue weighted by atomic mass is 10.00. The number of anilines is 1. The first kappa shape index (κ1) is 16.9. The molecule has 0 aromatic heterocycles. The standard InChI is InChI=1S/C14H18F2N2O.ClH/c15-14(16)10-4-1-5-11(7-10)18-13(19)8-9-3-2-6-12(9)17;/h1,4-5,7,9,12,14H,2-3,6,8,17H2,(H,18,19);1H/t9-,12+;/m0./s1.